The molecule has 100 valence electrons. The fourth-order valence-corrected chi connectivity index (χ4v) is 3.97. The Morgan fingerprint density at radius 3 is 3.05 bits per heavy atom. The number of aliphatic carboxylic acids is 1. The minimum absolute atomic E-state index is 0.620. The largest absolute Gasteiger partial charge is 0.479 e. The van der Waals surface area contributed by atoms with Crippen molar-refractivity contribution in [3.63, 3.8) is 0 Å². The molecule has 1 N–H and O–H groups in total. The van der Waals surface area contributed by atoms with E-state index >= 15 is 0 Å². The number of fused-ring (bicyclic) bond motifs is 1. The van der Waals surface area contributed by atoms with E-state index in [2.05, 4.69) is 9.27 Å². The summed E-state index contributed by atoms with van der Waals surface area (Å²) in [6, 6.07) is 7.93. The molecule has 1 fully saturated rings. The third-order valence-corrected chi connectivity index (χ3v) is 4.98. The van der Waals surface area contributed by atoms with Crippen molar-refractivity contribution in [3.05, 3.63) is 24.3 Å². The monoisotopic (exact) mass is 276 g/mol. The smallest absolute Gasteiger partial charge is 0.329 e. The van der Waals surface area contributed by atoms with Gasteiger partial charge in [0.1, 0.15) is 10.5 Å². The molecule has 1 aromatic carbocycles. The fraction of sp³-hybridized carbons (Fsp3) is 0.429. The van der Waals surface area contributed by atoms with Gasteiger partial charge in [0.15, 0.2) is 0 Å². The molecule has 1 aromatic heterocycles. The highest BCUT2D eigenvalue weighted by Crippen LogP contribution is 2.42. The Balaban J connectivity index is 2.12. The van der Waals surface area contributed by atoms with Crippen LogP contribution in [0.1, 0.15) is 26.2 Å². The molecule has 0 radical (unpaired) electrons. The van der Waals surface area contributed by atoms with Crippen LogP contribution in [-0.2, 0) is 4.79 Å². The molecule has 2 heterocycles. The van der Waals surface area contributed by atoms with Crippen LogP contribution >= 0.6 is 11.5 Å². The van der Waals surface area contributed by atoms with Crippen LogP contribution in [0.3, 0.4) is 0 Å². The predicted molar refractivity (Wildman–Crippen MR) is 76.9 cm³/mol. The highest BCUT2D eigenvalue weighted by molar-refractivity contribution is 7.11. The van der Waals surface area contributed by atoms with Gasteiger partial charge in [-0.2, -0.15) is 4.37 Å². The minimum Gasteiger partial charge on any atom is -0.479 e. The lowest BCUT2D eigenvalue weighted by Gasteiger charge is -2.34. The molecule has 0 amide bonds. The maximum atomic E-state index is 11.7. The highest BCUT2D eigenvalue weighted by atomic mass is 32.1. The predicted octanol–water partition coefficient (Wildman–Crippen LogP) is 3.13. The zero-order chi connectivity index (χ0) is 13.5. The Morgan fingerprint density at radius 2 is 2.32 bits per heavy atom. The van der Waals surface area contributed by atoms with Gasteiger partial charge in [-0.1, -0.05) is 19.1 Å². The quantitative estimate of drug-likeness (QED) is 0.935. The summed E-state index contributed by atoms with van der Waals surface area (Å²) in [5.41, 5.74) is 0.194. The molecule has 1 atom stereocenters. The van der Waals surface area contributed by atoms with Gasteiger partial charge in [-0.3, -0.25) is 0 Å². The molecule has 0 saturated carbocycles. The lowest BCUT2D eigenvalue weighted by Crippen LogP contribution is -2.50. The number of hydrogen-bond donors (Lipinski definition) is 1. The maximum Gasteiger partial charge on any atom is 0.329 e. The van der Waals surface area contributed by atoms with Crippen LogP contribution in [0.15, 0.2) is 24.3 Å². The number of hydrogen-bond acceptors (Lipinski definition) is 4. The molecule has 2 aromatic rings. The van der Waals surface area contributed by atoms with Crippen LogP contribution in [-0.4, -0.2) is 27.5 Å². The Labute approximate surface area is 115 Å². The molecule has 1 aliphatic heterocycles. The van der Waals surface area contributed by atoms with Crippen molar-refractivity contribution in [3.8, 4) is 0 Å². The average Bonchev–Trinajstić information content (AvgIpc) is 3.02. The van der Waals surface area contributed by atoms with E-state index in [1.807, 2.05) is 31.2 Å². The molecule has 1 aliphatic rings. The summed E-state index contributed by atoms with van der Waals surface area (Å²) >= 11 is 1.41. The first-order valence-corrected chi connectivity index (χ1v) is 7.32. The SMILES string of the molecule is CCC1(C(=O)O)CCCN1c1snc2ccccc12. The summed E-state index contributed by atoms with van der Waals surface area (Å²) in [6.07, 6.45) is 2.26. The van der Waals surface area contributed by atoms with Gasteiger partial charge in [0.05, 0.1) is 5.52 Å². The zero-order valence-corrected chi connectivity index (χ0v) is 11.6. The second kappa shape index (κ2) is 4.49. The minimum atomic E-state index is -0.755. The second-order valence-electron chi connectivity index (χ2n) is 4.95. The van der Waals surface area contributed by atoms with Gasteiger partial charge in [0.25, 0.3) is 0 Å². The summed E-state index contributed by atoms with van der Waals surface area (Å²) in [7, 11) is 0. The summed E-state index contributed by atoms with van der Waals surface area (Å²) in [4.78, 5) is 13.8. The van der Waals surface area contributed by atoms with Crippen molar-refractivity contribution in [1.29, 1.82) is 0 Å². The van der Waals surface area contributed by atoms with Crippen molar-refractivity contribution in [2.45, 2.75) is 31.7 Å². The van der Waals surface area contributed by atoms with Crippen molar-refractivity contribution >= 4 is 33.4 Å². The summed E-state index contributed by atoms with van der Waals surface area (Å²) in [5.74, 6) is -0.718. The third-order valence-electron chi connectivity index (χ3n) is 4.08. The Bertz CT molecular complexity index is 625. The van der Waals surface area contributed by atoms with Gasteiger partial charge in [-0.05, 0) is 42.9 Å². The third kappa shape index (κ3) is 1.72. The number of carboxylic acids is 1. The molecule has 1 unspecified atom stereocenters. The van der Waals surface area contributed by atoms with E-state index in [1.165, 1.54) is 11.5 Å². The molecule has 19 heavy (non-hydrogen) atoms. The first-order chi connectivity index (χ1) is 9.19. The van der Waals surface area contributed by atoms with Gasteiger partial charge >= 0.3 is 5.97 Å². The van der Waals surface area contributed by atoms with Gasteiger partial charge in [0, 0.05) is 11.9 Å². The van der Waals surface area contributed by atoms with E-state index in [0.29, 0.717) is 12.8 Å². The van der Waals surface area contributed by atoms with Crippen LogP contribution in [0.4, 0.5) is 5.00 Å². The highest BCUT2D eigenvalue weighted by Gasteiger charge is 2.47. The van der Waals surface area contributed by atoms with Crippen molar-refractivity contribution in [2.24, 2.45) is 0 Å². The van der Waals surface area contributed by atoms with Crippen LogP contribution in [0, 0.1) is 0 Å². The van der Waals surface area contributed by atoms with E-state index in [0.717, 1.165) is 28.9 Å². The number of carboxylic acid groups (broad SMARTS) is 1. The lowest BCUT2D eigenvalue weighted by atomic mass is 9.93. The van der Waals surface area contributed by atoms with Crippen LogP contribution in [0.25, 0.3) is 10.9 Å². The van der Waals surface area contributed by atoms with Crippen LogP contribution in [0.2, 0.25) is 0 Å². The zero-order valence-electron chi connectivity index (χ0n) is 10.8. The molecule has 3 rings (SSSR count). The molecule has 0 bridgehead atoms. The molecular formula is C14H16N2O2S. The summed E-state index contributed by atoms with van der Waals surface area (Å²) in [5, 5.41) is 11.7. The van der Waals surface area contributed by atoms with Gasteiger partial charge in [-0.25, -0.2) is 4.79 Å². The van der Waals surface area contributed by atoms with E-state index < -0.39 is 11.5 Å². The Hall–Kier alpha value is -1.62. The first kappa shape index (κ1) is 12.4. The topological polar surface area (TPSA) is 53.4 Å². The molecular weight excluding hydrogens is 260 g/mol. The number of anilines is 1. The van der Waals surface area contributed by atoms with Crippen molar-refractivity contribution < 1.29 is 9.90 Å². The first-order valence-electron chi connectivity index (χ1n) is 6.54. The lowest BCUT2D eigenvalue weighted by molar-refractivity contribution is -0.143. The van der Waals surface area contributed by atoms with E-state index in [1.54, 1.807) is 0 Å². The van der Waals surface area contributed by atoms with Crippen molar-refractivity contribution in [2.75, 3.05) is 11.4 Å². The Kier molecular flexibility index (Phi) is 2.93. The van der Waals surface area contributed by atoms with Gasteiger partial charge in [-0.15, -0.1) is 0 Å². The number of benzene rings is 1. The maximum absolute atomic E-state index is 11.7. The molecule has 0 aliphatic carbocycles. The van der Waals surface area contributed by atoms with E-state index in [9.17, 15) is 9.90 Å². The van der Waals surface area contributed by atoms with Gasteiger partial charge in [0.2, 0.25) is 0 Å². The molecule has 0 spiro atoms. The van der Waals surface area contributed by atoms with E-state index in [4.69, 9.17) is 0 Å². The van der Waals surface area contributed by atoms with E-state index in [-0.39, 0.29) is 0 Å². The number of rotatable bonds is 3. The number of nitrogens with zero attached hydrogens (tertiary/aromatic N) is 2. The fourth-order valence-electron chi connectivity index (χ4n) is 2.99. The summed E-state index contributed by atoms with van der Waals surface area (Å²) < 4.78 is 4.43. The second-order valence-corrected chi connectivity index (χ2v) is 5.70. The number of carbonyl (C=O) groups is 1. The van der Waals surface area contributed by atoms with Gasteiger partial charge < -0.3 is 10.0 Å². The van der Waals surface area contributed by atoms with Crippen molar-refractivity contribution in [1.82, 2.24) is 4.37 Å². The molecule has 4 nitrogen and oxygen atoms in total. The normalized spacial score (nSPS) is 23.1. The van der Waals surface area contributed by atoms with Crippen LogP contribution in [0.5, 0.6) is 0 Å². The molecule has 5 heteroatoms. The summed E-state index contributed by atoms with van der Waals surface area (Å²) in [6.45, 7) is 2.75. The molecule has 1 saturated heterocycles. The average molecular weight is 276 g/mol. The Morgan fingerprint density at radius 1 is 1.53 bits per heavy atom. The standard InChI is InChI=1S/C14H16N2O2S/c1-2-14(13(17)18)8-5-9-16(14)12-10-6-3-4-7-11(10)15-19-12/h3-4,6-7H,2,5,8-9H2,1H3,(H,17,18). The van der Waals surface area contributed by atoms with Crippen LogP contribution < -0.4 is 4.90 Å². The number of aromatic nitrogens is 1.